The number of aromatic nitrogens is 3. The lowest BCUT2D eigenvalue weighted by Crippen LogP contribution is -2.31. The van der Waals surface area contributed by atoms with E-state index < -0.39 is 5.97 Å². The lowest BCUT2D eigenvalue weighted by atomic mass is 10.2. The van der Waals surface area contributed by atoms with Gasteiger partial charge >= 0.3 is 5.97 Å². The van der Waals surface area contributed by atoms with Crippen LogP contribution in [0.5, 0.6) is 0 Å². The number of rotatable bonds is 6. The normalized spacial score (nSPS) is 10.3. The van der Waals surface area contributed by atoms with Gasteiger partial charge in [0.2, 0.25) is 11.1 Å². The van der Waals surface area contributed by atoms with Crippen LogP contribution in [0.2, 0.25) is 0 Å². The third kappa shape index (κ3) is 4.45. The van der Waals surface area contributed by atoms with Crippen LogP contribution in [0.1, 0.15) is 0 Å². The molecule has 0 fully saturated rings. The van der Waals surface area contributed by atoms with Gasteiger partial charge in [0.1, 0.15) is 6.54 Å². The van der Waals surface area contributed by atoms with Crippen LogP contribution in [-0.2, 0) is 14.3 Å². The first-order valence-corrected chi connectivity index (χ1v) is 8.22. The monoisotopic (exact) mass is 399 g/mol. The van der Waals surface area contributed by atoms with Gasteiger partial charge in [0.25, 0.3) is 0 Å². The number of nitrogens with two attached hydrogens (primary N) is 1. The van der Waals surface area contributed by atoms with Crippen LogP contribution in [0.4, 0.5) is 0 Å². The molecule has 1 aromatic carbocycles. The number of carbonyl (C=O) groups excluding carboxylic acids is 2. The first-order valence-electron chi connectivity index (χ1n) is 6.44. The van der Waals surface area contributed by atoms with Crippen molar-refractivity contribution < 1.29 is 14.3 Å². The summed E-state index contributed by atoms with van der Waals surface area (Å²) < 4.78 is 6.59. The van der Waals surface area contributed by atoms with E-state index in [1.54, 1.807) is 0 Å². The van der Waals surface area contributed by atoms with E-state index in [-0.39, 0.29) is 18.2 Å². The van der Waals surface area contributed by atoms with Crippen molar-refractivity contribution in [2.24, 2.45) is 0 Å². The SMILES string of the molecule is COC(=O)CNC(=O)CSc1nnc(-c2ccccc2Br)n1N. The van der Waals surface area contributed by atoms with Crippen LogP contribution in [0, 0.1) is 0 Å². The number of amides is 1. The Labute approximate surface area is 144 Å². The zero-order valence-corrected chi connectivity index (χ0v) is 14.6. The molecule has 0 atom stereocenters. The van der Waals surface area contributed by atoms with Gasteiger partial charge in [0.15, 0.2) is 5.82 Å². The van der Waals surface area contributed by atoms with Crippen LogP contribution >= 0.6 is 27.7 Å². The molecule has 1 amide bonds. The van der Waals surface area contributed by atoms with E-state index in [1.165, 1.54) is 11.8 Å². The average Bonchev–Trinajstić information content (AvgIpc) is 2.91. The summed E-state index contributed by atoms with van der Waals surface area (Å²) in [5.74, 6) is 5.68. The number of methoxy groups -OCH3 is 1. The third-order valence-corrected chi connectivity index (χ3v) is 4.40. The minimum Gasteiger partial charge on any atom is -0.468 e. The Kier molecular flexibility index (Phi) is 5.99. The van der Waals surface area contributed by atoms with Gasteiger partial charge in [-0.3, -0.25) is 9.59 Å². The molecule has 23 heavy (non-hydrogen) atoms. The highest BCUT2D eigenvalue weighted by molar-refractivity contribution is 9.10. The Morgan fingerprint density at radius 3 is 2.83 bits per heavy atom. The summed E-state index contributed by atoms with van der Waals surface area (Å²) in [5.41, 5.74) is 0.796. The molecule has 0 spiro atoms. The Morgan fingerprint density at radius 2 is 2.13 bits per heavy atom. The van der Waals surface area contributed by atoms with Crippen molar-refractivity contribution in [3.05, 3.63) is 28.7 Å². The Balaban J connectivity index is 1.99. The molecule has 10 heteroatoms. The molecule has 0 unspecified atom stereocenters. The van der Waals surface area contributed by atoms with E-state index in [4.69, 9.17) is 5.84 Å². The van der Waals surface area contributed by atoms with Gasteiger partial charge in [0, 0.05) is 10.0 Å². The van der Waals surface area contributed by atoms with Crippen molar-refractivity contribution in [2.75, 3.05) is 25.3 Å². The molecule has 1 aromatic heterocycles. The molecule has 122 valence electrons. The van der Waals surface area contributed by atoms with Crippen LogP contribution < -0.4 is 11.2 Å². The maximum absolute atomic E-state index is 11.6. The number of halogens is 1. The lowest BCUT2D eigenvalue weighted by Gasteiger charge is -2.05. The highest BCUT2D eigenvalue weighted by Gasteiger charge is 2.15. The Bertz CT molecular complexity index is 721. The first kappa shape index (κ1) is 17.3. The van der Waals surface area contributed by atoms with Crippen LogP contribution in [-0.4, -0.2) is 46.2 Å². The summed E-state index contributed by atoms with van der Waals surface area (Å²) in [6.07, 6.45) is 0. The molecule has 0 aliphatic carbocycles. The molecule has 0 bridgehead atoms. The second-order valence-electron chi connectivity index (χ2n) is 4.30. The molecule has 0 aliphatic rings. The van der Waals surface area contributed by atoms with Gasteiger partial charge in [-0.25, -0.2) is 4.68 Å². The van der Waals surface area contributed by atoms with Crippen molar-refractivity contribution >= 4 is 39.6 Å². The lowest BCUT2D eigenvalue weighted by molar-refractivity contribution is -0.140. The molecule has 0 aliphatic heterocycles. The molecule has 1 heterocycles. The van der Waals surface area contributed by atoms with Gasteiger partial charge in [-0.2, -0.15) is 0 Å². The van der Waals surface area contributed by atoms with Gasteiger partial charge < -0.3 is 15.9 Å². The predicted molar refractivity (Wildman–Crippen MR) is 89.1 cm³/mol. The fourth-order valence-electron chi connectivity index (χ4n) is 1.63. The van der Waals surface area contributed by atoms with E-state index in [2.05, 4.69) is 36.2 Å². The Morgan fingerprint density at radius 1 is 1.39 bits per heavy atom. The second kappa shape index (κ2) is 7.97. The predicted octanol–water partition coefficient (Wildman–Crippen LogP) is 0.803. The standard InChI is InChI=1S/C13H14BrN5O3S/c1-22-11(21)6-16-10(20)7-23-13-18-17-12(19(13)15)8-4-2-3-5-9(8)14/h2-5H,6-7,15H2,1H3,(H,16,20). The maximum Gasteiger partial charge on any atom is 0.325 e. The number of nitrogens with one attached hydrogen (secondary N) is 1. The van der Waals surface area contributed by atoms with Crippen LogP contribution in [0.3, 0.4) is 0 Å². The fraction of sp³-hybridized carbons (Fsp3) is 0.231. The van der Waals surface area contributed by atoms with Gasteiger partial charge in [-0.05, 0) is 12.1 Å². The molecule has 8 nitrogen and oxygen atoms in total. The molecule has 3 N–H and O–H groups in total. The fourth-order valence-corrected chi connectivity index (χ4v) is 2.77. The van der Waals surface area contributed by atoms with E-state index in [0.717, 1.165) is 21.8 Å². The second-order valence-corrected chi connectivity index (χ2v) is 6.09. The molecule has 0 saturated carbocycles. The van der Waals surface area contributed by atoms with E-state index in [1.807, 2.05) is 24.3 Å². The number of benzene rings is 1. The molecular weight excluding hydrogens is 386 g/mol. The van der Waals surface area contributed by atoms with Gasteiger partial charge in [-0.1, -0.05) is 39.8 Å². The summed E-state index contributed by atoms with van der Waals surface area (Å²) >= 11 is 4.55. The van der Waals surface area contributed by atoms with Crippen molar-refractivity contribution in [1.82, 2.24) is 20.2 Å². The van der Waals surface area contributed by atoms with Crippen molar-refractivity contribution in [3.8, 4) is 11.4 Å². The maximum atomic E-state index is 11.6. The quantitative estimate of drug-likeness (QED) is 0.419. The van der Waals surface area contributed by atoms with Crippen molar-refractivity contribution in [2.45, 2.75) is 5.16 Å². The number of hydrogen-bond acceptors (Lipinski definition) is 7. The largest absolute Gasteiger partial charge is 0.468 e. The minimum absolute atomic E-state index is 0.0578. The van der Waals surface area contributed by atoms with Gasteiger partial charge in [0.05, 0.1) is 12.9 Å². The summed E-state index contributed by atoms with van der Waals surface area (Å²) in [6.45, 7) is -0.173. The topological polar surface area (TPSA) is 112 Å². The minimum atomic E-state index is -0.512. The van der Waals surface area contributed by atoms with Gasteiger partial charge in [-0.15, -0.1) is 10.2 Å². The zero-order chi connectivity index (χ0) is 16.8. The third-order valence-electron chi connectivity index (χ3n) is 2.77. The van der Waals surface area contributed by atoms with E-state index in [0.29, 0.717) is 11.0 Å². The highest BCUT2D eigenvalue weighted by Crippen LogP contribution is 2.27. The molecule has 0 radical (unpaired) electrons. The number of thioether (sulfide) groups is 1. The average molecular weight is 400 g/mol. The number of nitrogens with zero attached hydrogens (tertiary/aromatic N) is 3. The number of esters is 1. The first-order chi connectivity index (χ1) is 11.0. The number of ether oxygens (including phenoxy) is 1. The molecular formula is C13H14BrN5O3S. The van der Waals surface area contributed by atoms with E-state index >= 15 is 0 Å². The van der Waals surface area contributed by atoms with E-state index in [9.17, 15) is 9.59 Å². The summed E-state index contributed by atoms with van der Waals surface area (Å²) in [5, 5.41) is 10.8. The Hall–Kier alpha value is -2.07. The summed E-state index contributed by atoms with van der Waals surface area (Å²) in [7, 11) is 1.25. The molecule has 2 rings (SSSR count). The molecule has 2 aromatic rings. The van der Waals surface area contributed by atoms with Crippen molar-refractivity contribution in [3.63, 3.8) is 0 Å². The number of carbonyl (C=O) groups is 2. The number of nitrogen functional groups attached to an aromatic ring is 1. The summed E-state index contributed by atoms with van der Waals surface area (Å²) in [6, 6.07) is 7.47. The number of hydrogen-bond donors (Lipinski definition) is 2. The van der Waals surface area contributed by atoms with Crippen LogP contribution in [0.25, 0.3) is 11.4 Å². The summed E-state index contributed by atoms with van der Waals surface area (Å²) in [4.78, 5) is 22.6. The molecule has 0 saturated heterocycles. The smallest absolute Gasteiger partial charge is 0.325 e. The van der Waals surface area contributed by atoms with Crippen molar-refractivity contribution in [1.29, 1.82) is 0 Å². The van der Waals surface area contributed by atoms with Crippen LogP contribution in [0.15, 0.2) is 33.9 Å². The zero-order valence-electron chi connectivity index (χ0n) is 12.2. The highest BCUT2D eigenvalue weighted by atomic mass is 79.9.